The number of esters is 1. The van der Waals surface area contributed by atoms with E-state index < -0.39 is 15.1 Å². The lowest BCUT2D eigenvalue weighted by molar-refractivity contribution is -0.0589. The van der Waals surface area contributed by atoms with Gasteiger partial charge in [-0.2, -0.15) is 0 Å². The number of carbonyl (C=O) groups is 1. The molecular formula is C37H44ClN3O6S. The van der Waals surface area contributed by atoms with Gasteiger partial charge in [0.15, 0.2) is 0 Å². The van der Waals surface area contributed by atoms with Crippen molar-refractivity contribution in [1.82, 2.24) is 9.97 Å². The van der Waals surface area contributed by atoms with Crippen LogP contribution in [-0.2, 0) is 31.1 Å². The van der Waals surface area contributed by atoms with Crippen molar-refractivity contribution < 1.29 is 27.4 Å². The summed E-state index contributed by atoms with van der Waals surface area (Å²) in [6, 6.07) is 13.5. The molecule has 9 nitrogen and oxygen atoms in total. The highest BCUT2D eigenvalue weighted by Gasteiger charge is 2.47. The van der Waals surface area contributed by atoms with E-state index >= 15 is 0 Å². The first kappa shape index (κ1) is 33.3. The van der Waals surface area contributed by atoms with E-state index in [0.29, 0.717) is 36.8 Å². The third kappa shape index (κ3) is 6.20. The molecule has 0 N–H and O–H groups in total. The summed E-state index contributed by atoms with van der Waals surface area (Å²) in [5.74, 6) is 1.15. The van der Waals surface area contributed by atoms with Crippen molar-refractivity contribution in [1.29, 1.82) is 0 Å². The van der Waals surface area contributed by atoms with E-state index in [0.717, 1.165) is 74.5 Å². The number of methoxy groups -OCH3 is 2. The second kappa shape index (κ2) is 13.6. The summed E-state index contributed by atoms with van der Waals surface area (Å²) in [7, 11) is -0.452. The van der Waals surface area contributed by atoms with Crippen molar-refractivity contribution in [2.24, 2.45) is 17.8 Å². The van der Waals surface area contributed by atoms with Crippen LogP contribution in [0.15, 0.2) is 60.0 Å². The Morgan fingerprint density at radius 1 is 1.08 bits per heavy atom. The predicted molar refractivity (Wildman–Crippen MR) is 184 cm³/mol. The zero-order valence-corrected chi connectivity index (χ0v) is 29.2. The highest BCUT2D eigenvalue weighted by molar-refractivity contribution is 7.91. The lowest BCUT2D eigenvalue weighted by Gasteiger charge is -2.48. The van der Waals surface area contributed by atoms with E-state index in [4.69, 9.17) is 25.8 Å². The van der Waals surface area contributed by atoms with Crippen LogP contribution in [0.25, 0.3) is 0 Å². The molecule has 1 spiro atoms. The second-order valence-electron chi connectivity index (χ2n) is 14.1. The quantitative estimate of drug-likeness (QED) is 0.194. The Kier molecular flexibility index (Phi) is 9.43. The molecule has 0 saturated heterocycles. The molecule has 6 atom stereocenters. The van der Waals surface area contributed by atoms with Crippen LogP contribution < -0.4 is 9.64 Å². The molecule has 2 saturated carbocycles. The minimum absolute atomic E-state index is 0.0472. The van der Waals surface area contributed by atoms with Gasteiger partial charge in [0.05, 0.1) is 36.3 Å². The van der Waals surface area contributed by atoms with Gasteiger partial charge in [-0.05, 0) is 117 Å². The molecular weight excluding hydrogens is 650 g/mol. The first-order valence-electron chi connectivity index (χ1n) is 17.1. The number of halogens is 1. The van der Waals surface area contributed by atoms with Gasteiger partial charge in [0.2, 0.25) is 15.0 Å². The lowest BCUT2D eigenvalue weighted by Crippen LogP contribution is -2.51. The Balaban J connectivity index is 1.16. The van der Waals surface area contributed by atoms with Crippen LogP contribution >= 0.6 is 11.6 Å². The molecule has 0 bridgehead atoms. The van der Waals surface area contributed by atoms with Gasteiger partial charge < -0.3 is 19.1 Å². The van der Waals surface area contributed by atoms with Crippen molar-refractivity contribution in [2.75, 3.05) is 38.8 Å². The van der Waals surface area contributed by atoms with Crippen LogP contribution in [0, 0.1) is 17.8 Å². The highest BCUT2D eigenvalue weighted by atomic mass is 35.5. The Morgan fingerprint density at radius 3 is 2.67 bits per heavy atom. The largest absolute Gasteiger partial charge is 0.490 e. The van der Waals surface area contributed by atoms with Crippen molar-refractivity contribution in [3.63, 3.8) is 0 Å². The number of rotatable bonds is 8. The minimum atomic E-state index is -3.63. The second-order valence-corrected chi connectivity index (χ2v) is 16.7. The van der Waals surface area contributed by atoms with E-state index in [2.05, 4.69) is 27.0 Å². The van der Waals surface area contributed by atoms with Gasteiger partial charge in [0.25, 0.3) is 0 Å². The Morgan fingerprint density at radius 2 is 1.92 bits per heavy atom. The molecule has 0 amide bonds. The van der Waals surface area contributed by atoms with E-state index in [1.165, 1.54) is 30.6 Å². The zero-order chi connectivity index (χ0) is 33.5. The van der Waals surface area contributed by atoms with Crippen molar-refractivity contribution >= 4 is 33.1 Å². The van der Waals surface area contributed by atoms with Gasteiger partial charge in [0, 0.05) is 43.0 Å². The molecule has 1 unspecified atom stereocenters. The summed E-state index contributed by atoms with van der Waals surface area (Å²) in [6.07, 6.45) is 11.0. The summed E-state index contributed by atoms with van der Waals surface area (Å²) in [6.45, 7) is 2.07. The maximum atomic E-state index is 13.5. The highest BCUT2D eigenvalue weighted by Crippen LogP contribution is 2.48. The van der Waals surface area contributed by atoms with Crippen LogP contribution in [0.2, 0.25) is 5.02 Å². The van der Waals surface area contributed by atoms with Crippen molar-refractivity contribution in [2.45, 2.75) is 79.7 Å². The third-order valence-electron chi connectivity index (χ3n) is 11.5. The third-order valence-corrected chi connectivity index (χ3v) is 13.7. The molecule has 256 valence electrons. The fourth-order valence-electron chi connectivity index (χ4n) is 8.96. The molecule has 2 fully saturated rings. The number of ether oxygens (including phenoxy) is 3. The topological polar surface area (TPSA) is 108 Å². The molecule has 2 heterocycles. The van der Waals surface area contributed by atoms with Crippen LogP contribution in [0.4, 0.5) is 5.69 Å². The van der Waals surface area contributed by atoms with E-state index in [-0.39, 0.29) is 28.6 Å². The molecule has 48 heavy (non-hydrogen) atoms. The summed E-state index contributed by atoms with van der Waals surface area (Å²) in [5, 5.41) is 0.154. The van der Waals surface area contributed by atoms with E-state index in [1.807, 2.05) is 18.2 Å². The monoisotopic (exact) mass is 693 g/mol. The molecule has 3 aromatic rings. The summed E-state index contributed by atoms with van der Waals surface area (Å²) in [5.41, 5.74) is 3.74. The molecule has 0 radical (unpaired) electrons. The molecule has 1 aromatic heterocycles. The van der Waals surface area contributed by atoms with Gasteiger partial charge >= 0.3 is 5.97 Å². The van der Waals surface area contributed by atoms with E-state index in [1.54, 1.807) is 19.2 Å². The summed E-state index contributed by atoms with van der Waals surface area (Å²) >= 11 is 6.45. The SMILES string of the molecule is COC(=O)c1ccc2c(c1)N(C[C@@H]1CC[C@H]1[C@@H](OC)[C@H]1CCC[C@H](S(=O)(=O)c3ncccn3)C1)CC1(CCCc3cc(Cl)ccc31)CO2. The molecule has 11 heteroatoms. The van der Waals surface area contributed by atoms with Crippen molar-refractivity contribution in [3.05, 3.63) is 76.6 Å². The summed E-state index contributed by atoms with van der Waals surface area (Å²) < 4.78 is 45.0. The number of aryl methyl sites for hydroxylation is 1. The number of hydrogen-bond acceptors (Lipinski definition) is 9. The Bertz CT molecular complexity index is 1760. The van der Waals surface area contributed by atoms with Crippen LogP contribution in [0.3, 0.4) is 0 Å². The molecule has 7 rings (SSSR count). The molecule has 1 aliphatic heterocycles. The number of carbonyl (C=O) groups excluding carboxylic acids is 1. The standard InChI is InChI=1S/C37H44ClN3O6S/c1-45-34(25-6-3-8-29(19-25)48(43,44)36-39-16-5-17-40-36)30-12-9-27(30)21-41-22-37(15-4-7-24-18-28(38)11-13-31(24)37)23-47-33-14-10-26(20-32(33)41)35(42)46-2/h5,10-11,13-14,16-18,20,25,27,29-30,34H,3-4,6-9,12,15,19,21-23H2,1-2H3/t25-,27-,29-,30+,34-,37?/m0/s1. The Hall–Kier alpha value is -3.21. The fraction of sp³-hybridized carbons (Fsp3) is 0.541. The number of nitrogens with zero attached hydrogens (tertiary/aromatic N) is 3. The van der Waals surface area contributed by atoms with E-state index in [9.17, 15) is 13.2 Å². The molecule has 3 aliphatic carbocycles. The first-order valence-corrected chi connectivity index (χ1v) is 19.1. The van der Waals surface area contributed by atoms with Gasteiger partial charge in [-0.25, -0.2) is 23.2 Å². The molecule has 2 aromatic carbocycles. The number of benzene rings is 2. The minimum Gasteiger partial charge on any atom is -0.490 e. The normalized spacial score (nSPS) is 27.5. The molecule has 4 aliphatic rings. The van der Waals surface area contributed by atoms with Gasteiger partial charge in [-0.15, -0.1) is 0 Å². The maximum Gasteiger partial charge on any atom is 0.337 e. The van der Waals surface area contributed by atoms with Gasteiger partial charge in [-0.3, -0.25) is 0 Å². The predicted octanol–water partition coefficient (Wildman–Crippen LogP) is 6.46. The summed E-state index contributed by atoms with van der Waals surface area (Å²) in [4.78, 5) is 23.2. The lowest BCUT2D eigenvalue weighted by atomic mass is 9.65. The Labute approximate surface area is 288 Å². The average molecular weight is 694 g/mol. The maximum absolute atomic E-state index is 13.5. The zero-order valence-electron chi connectivity index (χ0n) is 27.6. The average Bonchev–Trinajstić information content (AvgIpc) is 3.25. The number of hydrogen-bond donors (Lipinski definition) is 0. The van der Waals surface area contributed by atoms with Crippen molar-refractivity contribution in [3.8, 4) is 5.75 Å². The number of anilines is 1. The first-order chi connectivity index (χ1) is 23.2. The van der Waals surface area contributed by atoms with Gasteiger partial charge in [-0.1, -0.05) is 24.1 Å². The van der Waals surface area contributed by atoms with Crippen LogP contribution in [0.1, 0.15) is 72.9 Å². The van der Waals surface area contributed by atoms with Gasteiger partial charge in [0.1, 0.15) is 5.75 Å². The van der Waals surface area contributed by atoms with Crippen LogP contribution in [0.5, 0.6) is 5.75 Å². The number of sulfone groups is 1. The number of fused-ring (bicyclic) bond motifs is 3. The van der Waals surface area contributed by atoms with Crippen LogP contribution in [-0.4, -0.2) is 69.6 Å². The fourth-order valence-corrected chi connectivity index (χ4v) is 10.8. The smallest absolute Gasteiger partial charge is 0.337 e. The number of aromatic nitrogens is 2.